The molecular formula is C10H16N2OS2. The van der Waals surface area contributed by atoms with Gasteiger partial charge in [-0.1, -0.05) is 20.8 Å². The summed E-state index contributed by atoms with van der Waals surface area (Å²) in [5, 5.41) is 0. The predicted octanol–water partition coefficient (Wildman–Crippen LogP) is 2.89. The number of hydrogen-bond acceptors (Lipinski definition) is 5. The van der Waals surface area contributed by atoms with Crippen molar-refractivity contribution < 1.29 is 4.42 Å². The van der Waals surface area contributed by atoms with Crippen molar-refractivity contribution in [1.29, 1.82) is 0 Å². The molecule has 1 rings (SSSR count). The van der Waals surface area contributed by atoms with Gasteiger partial charge in [0.05, 0.1) is 16.2 Å². The van der Waals surface area contributed by atoms with Gasteiger partial charge in [-0.05, 0) is 0 Å². The van der Waals surface area contributed by atoms with E-state index in [0.29, 0.717) is 11.6 Å². The van der Waals surface area contributed by atoms with E-state index < -0.39 is 0 Å². The number of thioether (sulfide) groups is 1. The molecule has 1 aromatic rings. The Kier molecular flexibility index (Phi) is 4.16. The number of hydrogen-bond donors (Lipinski definition) is 2. The molecule has 0 saturated heterocycles. The zero-order chi connectivity index (χ0) is 11.5. The van der Waals surface area contributed by atoms with Crippen LogP contribution in [0.1, 0.15) is 32.4 Å². The number of aromatic nitrogens is 1. The van der Waals surface area contributed by atoms with Crippen molar-refractivity contribution in [3.05, 3.63) is 28.3 Å². The lowest BCUT2D eigenvalue weighted by molar-refractivity contribution is 0.391. The molecule has 15 heavy (non-hydrogen) atoms. The highest BCUT2D eigenvalue weighted by atomic mass is 32.2. The smallest absolute Gasteiger partial charge is 0.204 e. The molecule has 0 aliphatic rings. The zero-order valence-electron chi connectivity index (χ0n) is 9.15. The Hall–Kier alpha value is -0.550. The average Bonchev–Trinajstić information content (AvgIpc) is 2.61. The zero-order valence-corrected chi connectivity index (χ0v) is 10.9. The Balaban J connectivity index is 2.62. The summed E-state index contributed by atoms with van der Waals surface area (Å²) in [6.07, 6.45) is 3.24. The minimum atomic E-state index is 0.00339. The van der Waals surface area contributed by atoms with Crippen LogP contribution < -0.4 is 5.73 Å². The number of nitrogens with two attached hydrogens (primary N) is 1. The van der Waals surface area contributed by atoms with Crippen LogP contribution >= 0.6 is 24.4 Å². The molecule has 0 unspecified atom stereocenters. The predicted molar refractivity (Wildman–Crippen MR) is 67.8 cm³/mol. The van der Waals surface area contributed by atoms with Crippen molar-refractivity contribution in [1.82, 2.24) is 4.98 Å². The maximum absolute atomic E-state index is 5.61. The van der Waals surface area contributed by atoms with E-state index in [4.69, 9.17) is 10.2 Å². The molecule has 0 spiro atoms. The molecule has 1 heterocycles. The van der Waals surface area contributed by atoms with E-state index in [-0.39, 0.29) is 5.41 Å². The summed E-state index contributed by atoms with van der Waals surface area (Å²) in [4.78, 5) is 4.20. The second-order valence-corrected chi connectivity index (χ2v) is 5.96. The van der Waals surface area contributed by atoms with E-state index in [1.54, 1.807) is 6.20 Å². The van der Waals surface area contributed by atoms with Gasteiger partial charge in [0.25, 0.3) is 0 Å². The Morgan fingerprint density at radius 2 is 2.33 bits per heavy atom. The Labute approximate surface area is 99.9 Å². The van der Waals surface area contributed by atoms with Crippen LogP contribution in [0.2, 0.25) is 0 Å². The molecule has 0 saturated carbocycles. The SMILES string of the molecule is CC(C)(C)c1cnc(CS/C(S)=C/N)o1. The minimum Gasteiger partial charge on any atom is -0.444 e. The summed E-state index contributed by atoms with van der Waals surface area (Å²) in [5.74, 6) is 2.26. The molecule has 0 bridgehead atoms. The van der Waals surface area contributed by atoms with Gasteiger partial charge in [-0.2, -0.15) is 0 Å². The first-order chi connectivity index (χ1) is 6.93. The van der Waals surface area contributed by atoms with Crippen LogP contribution in [0.25, 0.3) is 0 Å². The largest absolute Gasteiger partial charge is 0.444 e. The molecule has 5 heteroatoms. The van der Waals surface area contributed by atoms with E-state index >= 15 is 0 Å². The molecule has 0 atom stereocenters. The lowest BCUT2D eigenvalue weighted by atomic mass is 9.94. The van der Waals surface area contributed by atoms with Crippen molar-refractivity contribution in [2.45, 2.75) is 31.9 Å². The summed E-state index contributed by atoms with van der Waals surface area (Å²) in [5.41, 5.74) is 5.30. The third-order valence-electron chi connectivity index (χ3n) is 1.78. The van der Waals surface area contributed by atoms with Gasteiger partial charge in [0.1, 0.15) is 5.76 Å². The fourth-order valence-corrected chi connectivity index (χ4v) is 1.60. The van der Waals surface area contributed by atoms with E-state index in [1.165, 1.54) is 18.0 Å². The third-order valence-corrected chi connectivity index (χ3v) is 3.14. The van der Waals surface area contributed by atoms with Crippen LogP contribution in [-0.2, 0) is 11.2 Å². The molecule has 0 radical (unpaired) electrons. The Morgan fingerprint density at radius 1 is 1.67 bits per heavy atom. The van der Waals surface area contributed by atoms with Gasteiger partial charge in [-0.3, -0.25) is 0 Å². The summed E-state index contributed by atoms with van der Waals surface area (Å²) in [7, 11) is 0. The minimum absolute atomic E-state index is 0.00339. The van der Waals surface area contributed by atoms with Crippen LogP contribution in [0.15, 0.2) is 21.1 Å². The fourth-order valence-electron chi connectivity index (χ4n) is 0.908. The molecule has 0 fully saturated rings. The summed E-state index contributed by atoms with van der Waals surface area (Å²) >= 11 is 5.65. The van der Waals surface area contributed by atoms with Crippen molar-refractivity contribution in [3.8, 4) is 0 Å². The molecule has 2 N–H and O–H groups in total. The van der Waals surface area contributed by atoms with E-state index in [2.05, 4.69) is 38.4 Å². The van der Waals surface area contributed by atoms with Gasteiger partial charge >= 0.3 is 0 Å². The molecular weight excluding hydrogens is 228 g/mol. The Morgan fingerprint density at radius 3 is 2.80 bits per heavy atom. The normalized spacial score (nSPS) is 13.2. The Bertz CT molecular complexity index is 353. The van der Waals surface area contributed by atoms with E-state index in [9.17, 15) is 0 Å². The highest BCUT2D eigenvalue weighted by Gasteiger charge is 2.18. The second kappa shape index (κ2) is 4.99. The van der Waals surface area contributed by atoms with E-state index in [1.807, 2.05) is 0 Å². The van der Waals surface area contributed by atoms with Gasteiger partial charge in [0, 0.05) is 11.6 Å². The number of thiol groups is 1. The van der Waals surface area contributed by atoms with Gasteiger partial charge in [-0.15, -0.1) is 24.4 Å². The summed E-state index contributed by atoms with van der Waals surface area (Å²) < 4.78 is 6.38. The summed E-state index contributed by atoms with van der Waals surface area (Å²) in [6.45, 7) is 6.27. The number of rotatable bonds is 3. The molecule has 1 aromatic heterocycles. The van der Waals surface area contributed by atoms with Crippen molar-refractivity contribution in [2.24, 2.45) is 5.73 Å². The lowest BCUT2D eigenvalue weighted by Crippen LogP contribution is -2.09. The first-order valence-corrected chi connectivity index (χ1v) is 6.05. The third kappa shape index (κ3) is 3.83. The number of oxazole rings is 1. The van der Waals surface area contributed by atoms with Crippen LogP contribution in [0.3, 0.4) is 0 Å². The molecule has 0 amide bonds. The highest BCUT2D eigenvalue weighted by Crippen LogP contribution is 2.26. The highest BCUT2D eigenvalue weighted by molar-refractivity contribution is 8.15. The van der Waals surface area contributed by atoms with Gasteiger partial charge < -0.3 is 10.2 Å². The fraction of sp³-hybridized carbons (Fsp3) is 0.500. The van der Waals surface area contributed by atoms with Crippen LogP contribution in [0, 0.1) is 0 Å². The van der Waals surface area contributed by atoms with Gasteiger partial charge in [0.15, 0.2) is 0 Å². The maximum Gasteiger partial charge on any atom is 0.204 e. The summed E-state index contributed by atoms with van der Waals surface area (Å²) in [6, 6.07) is 0. The van der Waals surface area contributed by atoms with Crippen LogP contribution in [0.5, 0.6) is 0 Å². The van der Waals surface area contributed by atoms with Gasteiger partial charge in [-0.25, -0.2) is 4.98 Å². The van der Waals surface area contributed by atoms with E-state index in [0.717, 1.165) is 10.00 Å². The first kappa shape index (κ1) is 12.5. The monoisotopic (exact) mass is 244 g/mol. The molecule has 0 aromatic carbocycles. The first-order valence-electron chi connectivity index (χ1n) is 4.62. The van der Waals surface area contributed by atoms with Crippen molar-refractivity contribution in [3.63, 3.8) is 0 Å². The lowest BCUT2D eigenvalue weighted by Gasteiger charge is -2.12. The molecule has 0 aliphatic carbocycles. The second-order valence-electron chi connectivity index (χ2n) is 4.16. The van der Waals surface area contributed by atoms with Crippen LogP contribution in [-0.4, -0.2) is 4.98 Å². The number of nitrogens with zero attached hydrogens (tertiary/aromatic N) is 1. The molecule has 84 valence electrons. The topological polar surface area (TPSA) is 52.0 Å². The molecule has 0 aliphatic heterocycles. The quantitative estimate of drug-likeness (QED) is 0.803. The van der Waals surface area contributed by atoms with Crippen molar-refractivity contribution >= 4 is 24.4 Å². The average molecular weight is 244 g/mol. The van der Waals surface area contributed by atoms with Crippen LogP contribution in [0.4, 0.5) is 0 Å². The van der Waals surface area contributed by atoms with Crippen molar-refractivity contribution in [2.75, 3.05) is 0 Å². The molecule has 3 nitrogen and oxygen atoms in total. The standard InChI is InChI=1S/C10H16N2OS2/c1-10(2,3)7-5-12-8(13-7)6-15-9(14)4-11/h4-5,14H,6,11H2,1-3H3/b9-4+. The maximum atomic E-state index is 5.61. The van der Waals surface area contributed by atoms with Gasteiger partial charge in [0.2, 0.25) is 5.89 Å².